The Morgan fingerprint density at radius 2 is 2.00 bits per heavy atom. The summed E-state index contributed by atoms with van der Waals surface area (Å²) in [5.41, 5.74) is 0. The fourth-order valence-corrected chi connectivity index (χ4v) is 2.75. The first-order chi connectivity index (χ1) is 8.54. The smallest absolute Gasteiger partial charge is 0.0218 e. The summed E-state index contributed by atoms with van der Waals surface area (Å²) in [7, 11) is 4.32. The Morgan fingerprint density at radius 3 is 2.56 bits per heavy atom. The minimum Gasteiger partial charge on any atom is -0.311 e. The summed E-state index contributed by atoms with van der Waals surface area (Å²) in [6.45, 7) is 11.9. The van der Waals surface area contributed by atoms with Crippen molar-refractivity contribution in [2.45, 2.75) is 52.1 Å². The van der Waals surface area contributed by atoms with Gasteiger partial charge in [-0.2, -0.15) is 0 Å². The van der Waals surface area contributed by atoms with Crippen LogP contribution in [-0.4, -0.2) is 62.2 Å². The van der Waals surface area contributed by atoms with Crippen LogP contribution in [0, 0.1) is 5.92 Å². The average Bonchev–Trinajstić information content (AvgIpc) is 2.34. The van der Waals surface area contributed by atoms with Crippen LogP contribution in [-0.2, 0) is 0 Å². The minimum absolute atomic E-state index is 0.682. The molecule has 0 aliphatic carbocycles. The lowest BCUT2D eigenvalue weighted by molar-refractivity contribution is 0.108. The van der Waals surface area contributed by atoms with E-state index < -0.39 is 0 Å². The highest BCUT2D eigenvalue weighted by molar-refractivity contribution is 4.86. The second kappa shape index (κ2) is 8.13. The molecule has 2 atom stereocenters. The number of nitrogens with zero attached hydrogens (tertiary/aromatic N) is 2. The zero-order valence-electron chi connectivity index (χ0n) is 13.1. The third-order valence-corrected chi connectivity index (χ3v) is 4.14. The molecule has 0 aromatic carbocycles. The van der Waals surface area contributed by atoms with Gasteiger partial charge in [0, 0.05) is 25.2 Å². The van der Waals surface area contributed by atoms with Gasteiger partial charge in [-0.1, -0.05) is 20.8 Å². The second-order valence-electron chi connectivity index (χ2n) is 6.33. The maximum Gasteiger partial charge on any atom is 0.0218 e. The molecule has 3 nitrogen and oxygen atoms in total. The van der Waals surface area contributed by atoms with Crippen LogP contribution in [0.2, 0.25) is 0 Å². The Morgan fingerprint density at radius 1 is 1.28 bits per heavy atom. The topological polar surface area (TPSA) is 18.5 Å². The summed E-state index contributed by atoms with van der Waals surface area (Å²) in [6.07, 6.45) is 3.92. The molecular weight excluding hydrogens is 222 g/mol. The minimum atomic E-state index is 0.682. The van der Waals surface area contributed by atoms with Crippen molar-refractivity contribution in [2.75, 3.05) is 40.3 Å². The highest BCUT2D eigenvalue weighted by Gasteiger charge is 2.27. The van der Waals surface area contributed by atoms with Crippen LogP contribution in [0.5, 0.6) is 0 Å². The van der Waals surface area contributed by atoms with Crippen LogP contribution in [0.15, 0.2) is 0 Å². The van der Waals surface area contributed by atoms with Crippen LogP contribution >= 0.6 is 0 Å². The van der Waals surface area contributed by atoms with E-state index in [1.165, 1.54) is 45.4 Å². The second-order valence-corrected chi connectivity index (χ2v) is 6.33. The lowest BCUT2D eigenvalue weighted by Gasteiger charge is -2.41. The Hall–Kier alpha value is -0.120. The molecule has 1 N–H and O–H groups in total. The number of unbranched alkanes of at least 4 members (excludes halogenated alkanes) is 1. The van der Waals surface area contributed by atoms with Gasteiger partial charge in [-0.05, 0) is 52.4 Å². The SMILES string of the molecule is CCC1CNC(C(C)C)CN1CCCCN(C)C. The Bertz CT molecular complexity index is 216. The molecule has 1 heterocycles. The van der Waals surface area contributed by atoms with Crippen molar-refractivity contribution in [3.8, 4) is 0 Å². The Labute approximate surface area is 114 Å². The third-order valence-electron chi connectivity index (χ3n) is 4.14. The van der Waals surface area contributed by atoms with Gasteiger partial charge in [0.15, 0.2) is 0 Å². The standard InChI is InChI=1S/C15H33N3/c1-6-14-11-16-15(13(2)3)12-18(14)10-8-7-9-17(4)5/h13-16H,6-12H2,1-5H3. The van der Waals surface area contributed by atoms with Gasteiger partial charge in [0.2, 0.25) is 0 Å². The number of hydrogen-bond acceptors (Lipinski definition) is 3. The molecule has 1 saturated heterocycles. The first-order valence-electron chi connectivity index (χ1n) is 7.66. The molecule has 0 amide bonds. The molecule has 0 radical (unpaired) electrons. The van der Waals surface area contributed by atoms with Gasteiger partial charge in [0.05, 0.1) is 0 Å². The summed E-state index contributed by atoms with van der Waals surface area (Å²) in [6, 6.07) is 1.43. The summed E-state index contributed by atoms with van der Waals surface area (Å²) >= 11 is 0. The first-order valence-corrected chi connectivity index (χ1v) is 7.66. The van der Waals surface area contributed by atoms with Gasteiger partial charge in [-0.3, -0.25) is 4.90 Å². The Balaban J connectivity index is 2.33. The molecule has 0 spiro atoms. The van der Waals surface area contributed by atoms with Crippen molar-refractivity contribution in [1.82, 2.24) is 15.1 Å². The van der Waals surface area contributed by atoms with Gasteiger partial charge in [0.25, 0.3) is 0 Å². The molecule has 108 valence electrons. The van der Waals surface area contributed by atoms with Gasteiger partial charge < -0.3 is 10.2 Å². The highest BCUT2D eigenvalue weighted by atomic mass is 15.2. The zero-order chi connectivity index (χ0) is 13.5. The fourth-order valence-electron chi connectivity index (χ4n) is 2.75. The fraction of sp³-hybridized carbons (Fsp3) is 1.00. The number of nitrogens with one attached hydrogen (secondary N) is 1. The maximum absolute atomic E-state index is 3.71. The molecule has 2 unspecified atom stereocenters. The van der Waals surface area contributed by atoms with Gasteiger partial charge in [-0.25, -0.2) is 0 Å². The van der Waals surface area contributed by atoms with Gasteiger partial charge in [-0.15, -0.1) is 0 Å². The molecule has 1 fully saturated rings. The number of hydrogen-bond donors (Lipinski definition) is 1. The van der Waals surface area contributed by atoms with Crippen molar-refractivity contribution in [3.05, 3.63) is 0 Å². The molecule has 1 aliphatic heterocycles. The molecule has 0 aromatic rings. The van der Waals surface area contributed by atoms with Gasteiger partial charge in [0.1, 0.15) is 0 Å². The quantitative estimate of drug-likeness (QED) is 0.702. The van der Waals surface area contributed by atoms with Crippen molar-refractivity contribution in [1.29, 1.82) is 0 Å². The predicted octanol–water partition coefficient (Wildman–Crippen LogP) is 2.04. The van der Waals surface area contributed by atoms with Crippen molar-refractivity contribution < 1.29 is 0 Å². The van der Waals surface area contributed by atoms with Crippen LogP contribution in [0.25, 0.3) is 0 Å². The lowest BCUT2D eigenvalue weighted by atomic mass is 9.98. The monoisotopic (exact) mass is 255 g/mol. The Kier molecular flexibility index (Phi) is 7.20. The molecule has 1 rings (SSSR count). The normalized spacial score (nSPS) is 26.2. The number of piperazine rings is 1. The molecule has 0 bridgehead atoms. The lowest BCUT2D eigenvalue weighted by Crippen LogP contribution is -2.58. The van der Waals surface area contributed by atoms with Crippen molar-refractivity contribution >= 4 is 0 Å². The zero-order valence-corrected chi connectivity index (χ0v) is 13.1. The first kappa shape index (κ1) is 15.9. The summed E-state index contributed by atoms with van der Waals surface area (Å²) in [4.78, 5) is 5.00. The van der Waals surface area contributed by atoms with E-state index in [1.54, 1.807) is 0 Å². The summed E-state index contributed by atoms with van der Waals surface area (Å²) in [5.74, 6) is 0.743. The van der Waals surface area contributed by atoms with E-state index in [2.05, 4.69) is 50.0 Å². The van der Waals surface area contributed by atoms with Crippen LogP contribution in [0.4, 0.5) is 0 Å². The average molecular weight is 255 g/mol. The van der Waals surface area contributed by atoms with Crippen molar-refractivity contribution in [3.63, 3.8) is 0 Å². The van der Waals surface area contributed by atoms with Gasteiger partial charge >= 0.3 is 0 Å². The molecule has 0 saturated carbocycles. The van der Waals surface area contributed by atoms with Crippen LogP contribution in [0.3, 0.4) is 0 Å². The summed E-state index contributed by atoms with van der Waals surface area (Å²) < 4.78 is 0. The van der Waals surface area contributed by atoms with E-state index in [-0.39, 0.29) is 0 Å². The predicted molar refractivity (Wildman–Crippen MR) is 80.1 cm³/mol. The van der Waals surface area contributed by atoms with E-state index >= 15 is 0 Å². The van der Waals surface area contributed by atoms with E-state index in [0.29, 0.717) is 6.04 Å². The highest BCUT2D eigenvalue weighted by Crippen LogP contribution is 2.15. The van der Waals surface area contributed by atoms with Crippen LogP contribution < -0.4 is 5.32 Å². The molecule has 1 aliphatic rings. The largest absolute Gasteiger partial charge is 0.311 e. The number of rotatable bonds is 7. The third kappa shape index (κ3) is 5.25. The maximum atomic E-state index is 3.71. The van der Waals surface area contributed by atoms with Crippen molar-refractivity contribution in [2.24, 2.45) is 5.92 Å². The van der Waals surface area contributed by atoms with E-state index in [0.717, 1.165) is 12.0 Å². The van der Waals surface area contributed by atoms with E-state index in [4.69, 9.17) is 0 Å². The summed E-state index contributed by atoms with van der Waals surface area (Å²) in [5, 5.41) is 3.71. The molecule has 18 heavy (non-hydrogen) atoms. The molecular formula is C15H33N3. The van der Waals surface area contributed by atoms with E-state index in [1.807, 2.05) is 0 Å². The molecule has 3 heteroatoms. The molecule has 0 aromatic heterocycles. The van der Waals surface area contributed by atoms with E-state index in [9.17, 15) is 0 Å². The van der Waals surface area contributed by atoms with Crippen LogP contribution in [0.1, 0.15) is 40.0 Å².